The van der Waals surface area contributed by atoms with Crippen molar-refractivity contribution in [2.45, 2.75) is 19.9 Å². The minimum Gasteiger partial charge on any atom is -0.341 e. The van der Waals surface area contributed by atoms with Crippen LogP contribution in [0.15, 0.2) is 60.7 Å². The first-order chi connectivity index (χ1) is 9.29. The maximum Gasteiger partial charge on any atom is 0.332 e. The van der Waals surface area contributed by atoms with E-state index in [1.165, 1.54) is 0 Å². The third kappa shape index (κ3) is 3.85. The fourth-order valence-electron chi connectivity index (χ4n) is 1.71. The van der Waals surface area contributed by atoms with Crippen molar-refractivity contribution in [3.8, 4) is 0 Å². The van der Waals surface area contributed by atoms with Crippen LogP contribution in [0.2, 0.25) is 0 Å². The number of carbonyl (C=O) groups is 1. The van der Waals surface area contributed by atoms with Gasteiger partial charge in [-0.15, -0.1) is 0 Å². The van der Waals surface area contributed by atoms with Crippen LogP contribution < -0.4 is 5.06 Å². The van der Waals surface area contributed by atoms with Gasteiger partial charge in [0.25, 0.3) is 0 Å². The molecule has 0 aromatic heterocycles. The van der Waals surface area contributed by atoms with Crippen LogP contribution >= 0.6 is 0 Å². The van der Waals surface area contributed by atoms with E-state index in [2.05, 4.69) is 0 Å². The summed E-state index contributed by atoms with van der Waals surface area (Å²) in [5.41, 5.74) is 1.96. The molecule has 98 valence electrons. The average Bonchev–Trinajstić information content (AvgIpc) is 2.48. The molecular weight excluding hydrogens is 238 g/mol. The number of rotatable bonds is 5. The van der Waals surface area contributed by atoms with E-state index in [1.807, 2.05) is 60.7 Å². The fraction of sp³-hybridized carbons (Fsp3) is 0.188. The van der Waals surface area contributed by atoms with Crippen LogP contribution in [-0.2, 0) is 16.2 Å². The number of hydrogen-bond acceptors (Lipinski definition) is 3. The lowest BCUT2D eigenvalue weighted by molar-refractivity contribution is -0.145. The molecule has 3 heteroatoms. The molecular formula is C16H17NO2. The molecule has 0 atom stereocenters. The molecule has 0 radical (unpaired) electrons. The molecule has 0 saturated heterocycles. The number of anilines is 1. The van der Waals surface area contributed by atoms with Crippen molar-refractivity contribution in [2.24, 2.45) is 0 Å². The quantitative estimate of drug-likeness (QED) is 0.765. The summed E-state index contributed by atoms with van der Waals surface area (Å²) in [4.78, 5) is 16.9. The molecule has 0 aliphatic carbocycles. The van der Waals surface area contributed by atoms with Gasteiger partial charge in [0.15, 0.2) is 0 Å². The van der Waals surface area contributed by atoms with E-state index >= 15 is 0 Å². The lowest BCUT2D eigenvalue weighted by Gasteiger charge is -2.23. The Morgan fingerprint density at radius 1 is 1.00 bits per heavy atom. The second-order valence-electron chi connectivity index (χ2n) is 4.17. The third-order valence-corrected chi connectivity index (χ3v) is 2.71. The Labute approximate surface area is 113 Å². The zero-order valence-corrected chi connectivity index (χ0v) is 11.0. The molecule has 0 bridgehead atoms. The molecule has 2 aromatic rings. The van der Waals surface area contributed by atoms with Crippen molar-refractivity contribution in [2.75, 3.05) is 5.06 Å². The number of carbonyl (C=O) groups excluding carboxylic acids is 1. The van der Waals surface area contributed by atoms with Crippen molar-refractivity contribution < 1.29 is 9.63 Å². The highest BCUT2D eigenvalue weighted by molar-refractivity contribution is 5.70. The van der Waals surface area contributed by atoms with Crippen molar-refractivity contribution >= 4 is 11.7 Å². The summed E-state index contributed by atoms with van der Waals surface area (Å²) in [7, 11) is 0. The molecule has 19 heavy (non-hydrogen) atoms. The van der Waals surface area contributed by atoms with E-state index < -0.39 is 0 Å². The first-order valence-electron chi connectivity index (χ1n) is 6.37. The molecule has 0 saturated carbocycles. The molecule has 0 fully saturated rings. The highest BCUT2D eigenvalue weighted by Crippen LogP contribution is 2.17. The van der Waals surface area contributed by atoms with Gasteiger partial charge in [-0.05, 0) is 17.7 Å². The molecule has 0 N–H and O–H groups in total. The van der Waals surface area contributed by atoms with E-state index in [0.717, 1.165) is 11.3 Å². The monoisotopic (exact) mass is 255 g/mol. The second kappa shape index (κ2) is 6.59. The predicted octanol–water partition coefficient (Wildman–Crippen LogP) is 3.56. The highest BCUT2D eigenvalue weighted by atomic mass is 16.7. The van der Waals surface area contributed by atoms with Crippen molar-refractivity contribution in [3.63, 3.8) is 0 Å². The van der Waals surface area contributed by atoms with Crippen LogP contribution in [0, 0.1) is 0 Å². The van der Waals surface area contributed by atoms with Gasteiger partial charge < -0.3 is 4.84 Å². The van der Waals surface area contributed by atoms with Crippen LogP contribution in [-0.4, -0.2) is 5.97 Å². The van der Waals surface area contributed by atoms with Gasteiger partial charge in [-0.3, -0.25) is 0 Å². The van der Waals surface area contributed by atoms with Gasteiger partial charge in [0.1, 0.15) is 0 Å². The number of hydrogen-bond donors (Lipinski definition) is 0. The molecule has 0 aliphatic heterocycles. The van der Waals surface area contributed by atoms with Gasteiger partial charge in [0.2, 0.25) is 0 Å². The normalized spacial score (nSPS) is 9.95. The Balaban J connectivity index is 2.17. The average molecular weight is 255 g/mol. The summed E-state index contributed by atoms with van der Waals surface area (Å²) in [5, 5.41) is 1.63. The SMILES string of the molecule is CCC(=O)ON(Cc1ccccc1)c1ccccc1. The van der Waals surface area contributed by atoms with E-state index in [-0.39, 0.29) is 5.97 Å². The summed E-state index contributed by atoms with van der Waals surface area (Å²) in [6, 6.07) is 19.6. The molecule has 0 unspecified atom stereocenters. The number of benzene rings is 2. The number of hydroxylamine groups is 1. The van der Waals surface area contributed by atoms with Crippen molar-refractivity contribution in [3.05, 3.63) is 66.2 Å². The molecule has 0 aliphatic rings. The van der Waals surface area contributed by atoms with Crippen LogP contribution in [0.3, 0.4) is 0 Å². The molecule has 3 nitrogen and oxygen atoms in total. The minimum atomic E-state index is -0.236. The third-order valence-electron chi connectivity index (χ3n) is 2.71. The molecule has 0 heterocycles. The van der Waals surface area contributed by atoms with Crippen LogP contribution in [0.4, 0.5) is 5.69 Å². The standard InChI is InChI=1S/C16H17NO2/c1-2-16(18)19-17(15-11-7-4-8-12-15)13-14-9-5-3-6-10-14/h3-12H,2,13H2,1H3. The first-order valence-corrected chi connectivity index (χ1v) is 6.37. The Morgan fingerprint density at radius 2 is 1.58 bits per heavy atom. The van der Waals surface area contributed by atoms with Gasteiger partial charge in [-0.1, -0.05) is 55.5 Å². The Bertz CT molecular complexity index is 511. The maximum absolute atomic E-state index is 11.5. The van der Waals surface area contributed by atoms with E-state index in [9.17, 15) is 4.79 Å². The van der Waals surface area contributed by atoms with Gasteiger partial charge in [-0.2, -0.15) is 0 Å². The number of nitrogens with zero attached hydrogens (tertiary/aromatic N) is 1. The van der Waals surface area contributed by atoms with Gasteiger partial charge in [0, 0.05) is 6.42 Å². The van der Waals surface area contributed by atoms with Gasteiger partial charge in [-0.25, -0.2) is 9.86 Å². The summed E-state index contributed by atoms with van der Waals surface area (Å²) < 4.78 is 0. The second-order valence-corrected chi connectivity index (χ2v) is 4.17. The lowest BCUT2D eigenvalue weighted by atomic mass is 10.2. The number of para-hydroxylation sites is 1. The highest BCUT2D eigenvalue weighted by Gasteiger charge is 2.11. The fourth-order valence-corrected chi connectivity index (χ4v) is 1.71. The Morgan fingerprint density at radius 3 is 2.16 bits per heavy atom. The van der Waals surface area contributed by atoms with Gasteiger partial charge >= 0.3 is 5.97 Å². The van der Waals surface area contributed by atoms with Gasteiger partial charge in [0.05, 0.1) is 12.2 Å². The summed E-state index contributed by atoms with van der Waals surface area (Å²) in [5.74, 6) is -0.236. The van der Waals surface area contributed by atoms with Crippen molar-refractivity contribution in [1.82, 2.24) is 0 Å². The Kier molecular flexibility index (Phi) is 4.56. The van der Waals surface area contributed by atoms with Crippen LogP contribution in [0.5, 0.6) is 0 Å². The summed E-state index contributed by atoms with van der Waals surface area (Å²) in [6.45, 7) is 2.32. The molecule has 2 aromatic carbocycles. The van der Waals surface area contributed by atoms with Crippen LogP contribution in [0.25, 0.3) is 0 Å². The lowest BCUT2D eigenvalue weighted by Crippen LogP contribution is -2.26. The van der Waals surface area contributed by atoms with E-state index in [1.54, 1.807) is 12.0 Å². The minimum absolute atomic E-state index is 0.236. The van der Waals surface area contributed by atoms with E-state index in [0.29, 0.717) is 13.0 Å². The summed E-state index contributed by atoms with van der Waals surface area (Å²) >= 11 is 0. The zero-order chi connectivity index (χ0) is 13.5. The predicted molar refractivity (Wildman–Crippen MR) is 75.5 cm³/mol. The zero-order valence-electron chi connectivity index (χ0n) is 11.0. The molecule has 2 rings (SSSR count). The maximum atomic E-state index is 11.5. The Hall–Kier alpha value is -2.29. The van der Waals surface area contributed by atoms with Crippen molar-refractivity contribution in [1.29, 1.82) is 0 Å². The summed E-state index contributed by atoms with van der Waals surface area (Å²) in [6.07, 6.45) is 0.359. The van der Waals surface area contributed by atoms with E-state index in [4.69, 9.17) is 4.84 Å². The largest absolute Gasteiger partial charge is 0.341 e. The smallest absolute Gasteiger partial charge is 0.332 e. The molecule has 0 spiro atoms. The first kappa shape index (κ1) is 13.1. The topological polar surface area (TPSA) is 29.5 Å². The van der Waals surface area contributed by atoms with Crippen LogP contribution in [0.1, 0.15) is 18.9 Å². The molecule has 0 amide bonds.